The minimum absolute atomic E-state index is 0.0859. The van der Waals surface area contributed by atoms with E-state index in [2.05, 4.69) is 0 Å². The highest BCUT2D eigenvalue weighted by Crippen LogP contribution is 2.30. The third-order valence-electron chi connectivity index (χ3n) is 2.19. The smallest absolute Gasteiger partial charge is 0.170 e. The van der Waals surface area contributed by atoms with Gasteiger partial charge in [-0.05, 0) is 6.07 Å². The molecule has 1 fully saturated rings. The lowest BCUT2D eigenvalue weighted by molar-refractivity contribution is -0.0497. The summed E-state index contributed by atoms with van der Waals surface area (Å²) in [6.45, 7) is 0.895. The van der Waals surface area contributed by atoms with E-state index in [9.17, 15) is 0 Å². The van der Waals surface area contributed by atoms with Crippen LogP contribution in [0.25, 0.3) is 0 Å². The van der Waals surface area contributed by atoms with Gasteiger partial charge >= 0.3 is 0 Å². The predicted molar refractivity (Wildman–Crippen MR) is 54.1 cm³/mol. The van der Waals surface area contributed by atoms with Crippen molar-refractivity contribution in [2.75, 3.05) is 13.2 Å². The average molecular weight is 214 g/mol. The van der Waals surface area contributed by atoms with Crippen LogP contribution >= 0.6 is 11.6 Å². The summed E-state index contributed by atoms with van der Waals surface area (Å²) in [5, 5.41) is 0.707. The van der Waals surface area contributed by atoms with Crippen LogP contribution in [0.1, 0.15) is 11.7 Å². The van der Waals surface area contributed by atoms with Crippen LogP contribution < -0.4 is 5.73 Å². The lowest BCUT2D eigenvalue weighted by Crippen LogP contribution is -2.20. The molecule has 1 heterocycles. The van der Waals surface area contributed by atoms with E-state index in [4.69, 9.17) is 26.8 Å². The lowest BCUT2D eigenvalue weighted by atomic mass is 10.1. The van der Waals surface area contributed by atoms with Crippen molar-refractivity contribution in [1.82, 2.24) is 0 Å². The number of rotatable bonds is 2. The molecule has 0 saturated carbocycles. The predicted octanol–water partition coefficient (Wildman–Crippen LogP) is 1.71. The second-order valence-corrected chi connectivity index (χ2v) is 3.55. The van der Waals surface area contributed by atoms with Crippen molar-refractivity contribution < 1.29 is 9.47 Å². The molecular weight excluding hydrogens is 202 g/mol. The maximum absolute atomic E-state index is 6.03. The Hall–Kier alpha value is -0.610. The molecule has 2 unspecified atom stereocenters. The van der Waals surface area contributed by atoms with Gasteiger partial charge in [-0.15, -0.1) is 0 Å². The fourth-order valence-electron chi connectivity index (χ4n) is 1.48. The van der Waals surface area contributed by atoms with Crippen LogP contribution in [0.3, 0.4) is 0 Å². The SMILES string of the molecule is NCC1OCC(c2ccccc2Cl)O1. The molecule has 2 rings (SSSR count). The molecule has 76 valence electrons. The van der Waals surface area contributed by atoms with Gasteiger partial charge in [-0.25, -0.2) is 0 Å². The first kappa shape index (κ1) is 9.93. The topological polar surface area (TPSA) is 44.5 Å². The van der Waals surface area contributed by atoms with Crippen molar-refractivity contribution in [1.29, 1.82) is 0 Å². The van der Waals surface area contributed by atoms with E-state index in [0.717, 1.165) is 5.56 Å². The minimum atomic E-state index is -0.295. The molecule has 1 aromatic carbocycles. The summed E-state index contributed by atoms with van der Waals surface area (Å²) < 4.78 is 10.9. The highest BCUT2D eigenvalue weighted by Gasteiger charge is 2.27. The Labute approximate surface area is 87.8 Å². The standard InChI is InChI=1S/C10H12ClNO2/c11-8-4-2-1-3-7(8)9-6-13-10(5-12)14-9/h1-4,9-10H,5-6,12H2. The summed E-state index contributed by atoms with van der Waals surface area (Å²) in [6.07, 6.45) is -0.381. The number of hydrogen-bond acceptors (Lipinski definition) is 3. The summed E-state index contributed by atoms with van der Waals surface area (Å²) in [7, 11) is 0. The summed E-state index contributed by atoms with van der Waals surface area (Å²) in [6, 6.07) is 7.60. The molecule has 0 aliphatic carbocycles. The monoisotopic (exact) mass is 213 g/mol. The largest absolute Gasteiger partial charge is 0.348 e. The summed E-state index contributed by atoms with van der Waals surface area (Å²) in [4.78, 5) is 0. The van der Waals surface area contributed by atoms with Crippen LogP contribution in [0.4, 0.5) is 0 Å². The maximum atomic E-state index is 6.03. The number of nitrogens with two attached hydrogens (primary N) is 1. The number of hydrogen-bond donors (Lipinski definition) is 1. The zero-order valence-corrected chi connectivity index (χ0v) is 8.41. The van der Waals surface area contributed by atoms with Gasteiger partial charge in [0, 0.05) is 17.1 Å². The van der Waals surface area contributed by atoms with Crippen molar-refractivity contribution in [3.8, 4) is 0 Å². The molecule has 1 aliphatic heterocycles. The van der Waals surface area contributed by atoms with E-state index in [-0.39, 0.29) is 12.4 Å². The zero-order chi connectivity index (χ0) is 9.97. The quantitative estimate of drug-likeness (QED) is 0.814. The maximum Gasteiger partial charge on any atom is 0.170 e. The molecular formula is C10H12ClNO2. The molecule has 1 aromatic rings. The van der Waals surface area contributed by atoms with Crippen molar-refractivity contribution in [3.63, 3.8) is 0 Å². The van der Waals surface area contributed by atoms with Gasteiger partial charge in [-0.1, -0.05) is 29.8 Å². The Morgan fingerprint density at radius 3 is 2.86 bits per heavy atom. The van der Waals surface area contributed by atoms with Crippen LogP contribution in [-0.4, -0.2) is 19.4 Å². The van der Waals surface area contributed by atoms with E-state index in [1.165, 1.54) is 0 Å². The third-order valence-corrected chi connectivity index (χ3v) is 2.54. The Kier molecular flexibility index (Phi) is 3.03. The number of benzene rings is 1. The molecule has 1 saturated heterocycles. The number of halogens is 1. The van der Waals surface area contributed by atoms with Crippen molar-refractivity contribution in [2.45, 2.75) is 12.4 Å². The van der Waals surface area contributed by atoms with Crippen molar-refractivity contribution in [3.05, 3.63) is 34.9 Å². The van der Waals surface area contributed by atoms with Crippen molar-refractivity contribution >= 4 is 11.6 Å². The molecule has 2 N–H and O–H groups in total. The Morgan fingerprint density at radius 2 is 2.21 bits per heavy atom. The van der Waals surface area contributed by atoms with E-state index < -0.39 is 0 Å². The van der Waals surface area contributed by atoms with Crippen LogP contribution in [0.5, 0.6) is 0 Å². The normalized spacial score (nSPS) is 26.7. The Balaban J connectivity index is 2.13. The van der Waals surface area contributed by atoms with Gasteiger partial charge in [0.1, 0.15) is 6.10 Å². The van der Waals surface area contributed by atoms with Gasteiger partial charge in [0.25, 0.3) is 0 Å². The minimum Gasteiger partial charge on any atom is -0.348 e. The molecule has 0 amide bonds. The highest BCUT2D eigenvalue weighted by atomic mass is 35.5. The Bertz CT molecular complexity index is 319. The zero-order valence-electron chi connectivity index (χ0n) is 7.65. The van der Waals surface area contributed by atoms with E-state index in [0.29, 0.717) is 18.2 Å². The van der Waals surface area contributed by atoms with Crippen LogP contribution in [-0.2, 0) is 9.47 Å². The van der Waals surface area contributed by atoms with Gasteiger partial charge < -0.3 is 15.2 Å². The van der Waals surface area contributed by atoms with Crippen LogP contribution in [0.2, 0.25) is 5.02 Å². The third kappa shape index (κ3) is 1.91. The fraction of sp³-hybridized carbons (Fsp3) is 0.400. The van der Waals surface area contributed by atoms with Gasteiger partial charge in [0.05, 0.1) is 6.61 Å². The summed E-state index contributed by atoms with van der Waals surface area (Å²) in [5.74, 6) is 0. The lowest BCUT2D eigenvalue weighted by Gasteiger charge is -2.11. The first-order valence-electron chi connectivity index (χ1n) is 4.53. The van der Waals surface area contributed by atoms with Gasteiger partial charge in [0.2, 0.25) is 0 Å². The molecule has 3 nitrogen and oxygen atoms in total. The summed E-state index contributed by atoms with van der Waals surface area (Å²) in [5.41, 5.74) is 6.39. The summed E-state index contributed by atoms with van der Waals surface area (Å²) >= 11 is 6.03. The van der Waals surface area contributed by atoms with Crippen molar-refractivity contribution in [2.24, 2.45) is 5.73 Å². The average Bonchev–Trinajstić information content (AvgIpc) is 2.67. The van der Waals surface area contributed by atoms with Gasteiger partial charge in [-0.3, -0.25) is 0 Å². The van der Waals surface area contributed by atoms with E-state index in [1.807, 2.05) is 24.3 Å². The highest BCUT2D eigenvalue weighted by molar-refractivity contribution is 6.31. The second-order valence-electron chi connectivity index (χ2n) is 3.14. The van der Waals surface area contributed by atoms with Crippen LogP contribution in [0, 0.1) is 0 Å². The van der Waals surface area contributed by atoms with Gasteiger partial charge in [-0.2, -0.15) is 0 Å². The molecule has 0 aromatic heterocycles. The van der Waals surface area contributed by atoms with Crippen LogP contribution in [0.15, 0.2) is 24.3 Å². The first-order chi connectivity index (χ1) is 6.81. The molecule has 1 aliphatic rings. The molecule has 4 heteroatoms. The molecule has 0 bridgehead atoms. The Morgan fingerprint density at radius 1 is 1.43 bits per heavy atom. The van der Waals surface area contributed by atoms with E-state index >= 15 is 0 Å². The first-order valence-corrected chi connectivity index (χ1v) is 4.90. The molecule has 0 radical (unpaired) electrons. The molecule has 0 spiro atoms. The molecule has 14 heavy (non-hydrogen) atoms. The molecule has 2 atom stereocenters. The second kappa shape index (κ2) is 4.28. The number of ether oxygens (including phenoxy) is 2. The van der Waals surface area contributed by atoms with E-state index in [1.54, 1.807) is 0 Å². The fourth-order valence-corrected chi connectivity index (χ4v) is 1.74. The van der Waals surface area contributed by atoms with Gasteiger partial charge in [0.15, 0.2) is 6.29 Å².